The molecular weight excluding hydrogens is 268 g/mol. The van der Waals surface area contributed by atoms with E-state index in [0.717, 1.165) is 11.4 Å². The maximum absolute atomic E-state index is 11.8. The van der Waals surface area contributed by atoms with Gasteiger partial charge in [0, 0.05) is 12.2 Å². The number of hydrogen-bond donors (Lipinski definition) is 3. The highest BCUT2D eigenvalue weighted by Crippen LogP contribution is 2.16. The monoisotopic (exact) mass is 294 g/mol. The molecule has 1 atom stereocenters. The fourth-order valence-electron chi connectivity index (χ4n) is 2.28. The summed E-state index contributed by atoms with van der Waals surface area (Å²) >= 11 is 0. The molecule has 0 aliphatic rings. The number of nitrogens with one attached hydrogen (secondary N) is 2. The Balaban J connectivity index is 2.33. The smallest absolute Gasteiger partial charge is 0.238 e. The fourth-order valence-corrected chi connectivity index (χ4v) is 2.28. The van der Waals surface area contributed by atoms with E-state index in [4.69, 9.17) is 4.74 Å². The van der Waals surface area contributed by atoms with Crippen molar-refractivity contribution < 1.29 is 14.6 Å². The Bertz CT molecular complexity index is 441. The molecule has 5 heteroatoms. The van der Waals surface area contributed by atoms with E-state index in [0.29, 0.717) is 18.9 Å². The average Bonchev–Trinajstić information content (AvgIpc) is 2.37. The first-order chi connectivity index (χ1) is 9.82. The van der Waals surface area contributed by atoms with Crippen LogP contribution in [0.5, 0.6) is 5.75 Å². The number of hydrogen-bond acceptors (Lipinski definition) is 4. The van der Waals surface area contributed by atoms with Gasteiger partial charge in [0.15, 0.2) is 0 Å². The van der Waals surface area contributed by atoms with Crippen LogP contribution in [0.15, 0.2) is 24.3 Å². The average molecular weight is 294 g/mol. The molecule has 0 radical (unpaired) electrons. The second kappa shape index (κ2) is 8.00. The summed E-state index contributed by atoms with van der Waals surface area (Å²) in [7, 11) is 1.60. The largest absolute Gasteiger partial charge is 0.497 e. The molecule has 5 nitrogen and oxygen atoms in total. The summed E-state index contributed by atoms with van der Waals surface area (Å²) in [6.45, 7) is 6.46. The summed E-state index contributed by atoms with van der Waals surface area (Å²) in [4.78, 5) is 11.8. The van der Waals surface area contributed by atoms with Gasteiger partial charge in [-0.15, -0.1) is 0 Å². The van der Waals surface area contributed by atoms with Crippen molar-refractivity contribution in [2.75, 3.05) is 25.5 Å². The third kappa shape index (κ3) is 7.11. The topological polar surface area (TPSA) is 70.6 Å². The van der Waals surface area contributed by atoms with Crippen LogP contribution in [0.2, 0.25) is 0 Å². The molecule has 0 aliphatic carbocycles. The second-order valence-electron chi connectivity index (χ2n) is 5.98. The minimum absolute atomic E-state index is 0.138. The minimum atomic E-state index is -0.797. The summed E-state index contributed by atoms with van der Waals surface area (Å²) in [5, 5.41) is 15.9. The molecule has 1 rings (SSSR count). The van der Waals surface area contributed by atoms with Crippen LogP contribution in [0.3, 0.4) is 0 Å². The zero-order valence-corrected chi connectivity index (χ0v) is 13.3. The van der Waals surface area contributed by atoms with Crippen LogP contribution in [0.25, 0.3) is 0 Å². The number of amides is 1. The summed E-state index contributed by atoms with van der Waals surface area (Å²) in [5.74, 6) is 1.02. The number of carbonyl (C=O) groups excluding carboxylic acids is 1. The summed E-state index contributed by atoms with van der Waals surface area (Å²) in [5.41, 5.74) is -0.0780. The highest BCUT2D eigenvalue weighted by Gasteiger charge is 2.21. The Hall–Kier alpha value is -1.59. The minimum Gasteiger partial charge on any atom is -0.497 e. The molecule has 21 heavy (non-hydrogen) atoms. The Morgan fingerprint density at radius 1 is 1.33 bits per heavy atom. The van der Waals surface area contributed by atoms with Gasteiger partial charge >= 0.3 is 0 Å². The van der Waals surface area contributed by atoms with Gasteiger partial charge in [0.1, 0.15) is 5.75 Å². The Morgan fingerprint density at radius 3 is 2.48 bits per heavy atom. The Morgan fingerprint density at radius 2 is 1.95 bits per heavy atom. The summed E-state index contributed by atoms with van der Waals surface area (Å²) in [6.07, 6.45) is 0.695. The maximum atomic E-state index is 11.8. The van der Waals surface area contributed by atoms with E-state index in [9.17, 15) is 9.90 Å². The number of benzene rings is 1. The van der Waals surface area contributed by atoms with Gasteiger partial charge in [-0.1, -0.05) is 13.8 Å². The molecular formula is C16H26N2O3. The van der Waals surface area contributed by atoms with Crippen LogP contribution < -0.4 is 15.4 Å². The highest BCUT2D eigenvalue weighted by molar-refractivity contribution is 5.92. The lowest BCUT2D eigenvalue weighted by Gasteiger charge is -2.25. The number of aliphatic hydroxyl groups is 1. The van der Waals surface area contributed by atoms with Crippen molar-refractivity contribution in [3.8, 4) is 5.75 Å². The molecule has 0 heterocycles. The van der Waals surface area contributed by atoms with E-state index in [1.807, 2.05) is 0 Å². The molecule has 0 saturated carbocycles. The van der Waals surface area contributed by atoms with Gasteiger partial charge in [0.05, 0.1) is 19.3 Å². The van der Waals surface area contributed by atoms with E-state index < -0.39 is 5.60 Å². The molecule has 118 valence electrons. The van der Waals surface area contributed by atoms with E-state index in [-0.39, 0.29) is 12.5 Å². The van der Waals surface area contributed by atoms with Crippen LogP contribution in [-0.2, 0) is 4.79 Å². The van der Waals surface area contributed by atoms with Crippen LogP contribution >= 0.6 is 0 Å². The van der Waals surface area contributed by atoms with Crippen molar-refractivity contribution in [2.24, 2.45) is 5.92 Å². The summed E-state index contributed by atoms with van der Waals surface area (Å²) < 4.78 is 5.06. The first kappa shape index (κ1) is 17.5. The van der Waals surface area contributed by atoms with Crippen LogP contribution in [0.4, 0.5) is 5.69 Å². The molecule has 0 spiro atoms. The van der Waals surface area contributed by atoms with Crippen LogP contribution in [0.1, 0.15) is 27.2 Å². The zero-order valence-electron chi connectivity index (χ0n) is 13.3. The van der Waals surface area contributed by atoms with Gasteiger partial charge in [-0.3, -0.25) is 4.79 Å². The molecule has 3 N–H and O–H groups in total. The highest BCUT2D eigenvalue weighted by atomic mass is 16.5. The van der Waals surface area contributed by atoms with Gasteiger partial charge in [-0.25, -0.2) is 0 Å². The number of rotatable bonds is 8. The normalized spacial score (nSPS) is 13.8. The molecule has 0 saturated heterocycles. The third-order valence-corrected chi connectivity index (χ3v) is 3.01. The van der Waals surface area contributed by atoms with Crippen molar-refractivity contribution in [2.45, 2.75) is 32.8 Å². The number of ether oxygens (including phenoxy) is 1. The molecule has 1 unspecified atom stereocenters. The lowest BCUT2D eigenvalue weighted by molar-refractivity contribution is -0.115. The lowest BCUT2D eigenvalue weighted by atomic mass is 9.94. The first-order valence-electron chi connectivity index (χ1n) is 7.19. The van der Waals surface area contributed by atoms with Crippen molar-refractivity contribution in [3.63, 3.8) is 0 Å². The number of methoxy groups -OCH3 is 1. The fraction of sp³-hybridized carbons (Fsp3) is 0.562. The summed E-state index contributed by atoms with van der Waals surface area (Å²) in [6, 6.07) is 7.14. The predicted octanol–water partition coefficient (Wildman–Crippen LogP) is 2.02. The van der Waals surface area contributed by atoms with Crippen molar-refractivity contribution in [1.82, 2.24) is 5.32 Å². The standard InChI is InChI=1S/C16H26N2O3/c1-12(2)9-16(3,20)11-17-10-15(19)18-13-5-7-14(21-4)8-6-13/h5-8,12,17,20H,9-11H2,1-4H3,(H,18,19). The Labute approximate surface area is 126 Å². The first-order valence-corrected chi connectivity index (χ1v) is 7.19. The van der Waals surface area contributed by atoms with Crippen LogP contribution in [0, 0.1) is 5.92 Å². The SMILES string of the molecule is COc1ccc(NC(=O)CNCC(C)(O)CC(C)C)cc1. The number of carbonyl (C=O) groups is 1. The van der Waals surface area contributed by atoms with Gasteiger partial charge in [-0.2, -0.15) is 0 Å². The molecule has 1 aromatic carbocycles. The molecule has 1 amide bonds. The van der Waals surface area contributed by atoms with Gasteiger partial charge in [0.2, 0.25) is 5.91 Å². The zero-order chi connectivity index (χ0) is 15.9. The second-order valence-corrected chi connectivity index (χ2v) is 5.98. The Kier molecular flexibility index (Phi) is 6.65. The van der Waals surface area contributed by atoms with Gasteiger partial charge in [-0.05, 0) is 43.5 Å². The quantitative estimate of drug-likeness (QED) is 0.686. The molecule has 1 aromatic rings. The van der Waals surface area contributed by atoms with Crippen LogP contribution in [-0.4, -0.2) is 36.8 Å². The van der Waals surface area contributed by atoms with Crippen molar-refractivity contribution in [3.05, 3.63) is 24.3 Å². The lowest BCUT2D eigenvalue weighted by Crippen LogP contribution is -2.41. The number of anilines is 1. The van der Waals surface area contributed by atoms with E-state index >= 15 is 0 Å². The molecule has 0 aromatic heterocycles. The van der Waals surface area contributed by atoms with Crippen molar-refractivity contribution in [1.29, 1.82) is 0 Å². The van der Waals surface area contributed by atoms with E-state index in [1.54, 1.807) is 38.3 Å². The molecule has 0 fully saturated rings. The predicted molar refractivity (Wildman–Crippen MR) is 84.6 cm³/mol. The van der Waals surface area contributed by atoms with E-state index in [2.05, 4.69) is 24.5 Å². The van der Waals surface area contributed by atoms with Crippen molar-refractivity contribution >= 4 is 11.6 Å². The molecule has 0 aliphatic heterocycles. The third-order valence-electron chi connectivity index (χ3n) is 3.01. The van der Waals surface area contributed by atoms with E-state index in [1.165, 1.54) is 0 Å². The maximum Gasteiger partial charge on any atom is 0.238 e. The van der Waals surface area contributed by atoms with Gasteiger partial charge < -0.3 is 20.5 Å². The van der Waals surface area contributed by atoms with Gasteiger partial charge in [0.25, 0.3) is 0 Å². The molecule has 0 bridgehead atoms.